The molecule has 0 amide bonds. The molecular weight excluding hydrogens is 198 g/mol. The maximum Gasteiger partial charge on any atom is 0.0645 e. The van der Waals surface area contributed by atoms with Crippen LogP contribution in [0.15, 0.2) is 42.7 Å². The number of nitrogens with zero attached hydrogens (tertiary/aromatic N) is 2. The average molecular weight is 213 g/mol. The third-order valence-electron chi connectivity index (χ3n) is 3.27. The van der Waals surface area contributed by atoms with E-state index in [-0.39, 0.29) is 0 Å². The Morgan fingerprint density at radius 1 is 1.19 bits per heavy atom. The van der Waals surface area contributed by atoms with Crippen LogP contribution in [-0.4, -0.2) is 15.8 Å². The van der Waals surface area contributed by atoms with Crippen LogP contribution in [0.1, 0.15) is 24.3 Å². The van der Waals surface area contributed by atoms with E-state index in [0.717, 1.165) is 18.5 Å². The first kappa shape index (κ1) is 9.60. The van der Waals surface area contributed by atoms with Crippen LogP contribution in [0, 0.1) is 0 Å². The molecule has 0 radical (unpaired) electrons. The fourth-order valence-electron chi connectivity index (χ4n) is 2.20. The van der Waals surface area contributed by atoms with Gasteiger partial charge in [0.25, 0.3) is 0 Å². The molecule has 0 bridgehead atoms. The second kappa shape index (κ2) is 3.76. The summed E-state index contributed by atoms with van der Waals surface area (Å²) in [6.45, 7) is 0. The highest BCUT2D eigenvalue weighted by atomic mass is 15.3. The molecule has 0 spiro atoms. The maximum absolute atomic E-state index is 5.80. The van der Waals surface area contributed by atoms with Gasteiger partial charge < -0.3 is 5.73 Å². The lowest BCUT2D eigenvalue weighted by Gasteiger charge is -2.31. The fourth-order valence-corrected chi connectivity index (χ4v) is 2.20. The van der Waals surface area contributed by atoms with Crippen LogP contribution < -0.4 is 5.73 Å². The molecule has 1 aromatic heterocycles. The first-order chi connectivity index (χ1) is 7.83. The minimum atomic E-state index is 0.394. The predicted octanol–water partition coefficient (Wildman–Crippen LogP) is 2.08. The first-order valence-electron chi connectivity index (χ1n) is 5.68. The molecule has 0 saturated heterocycles. The predicted molar refractivity (Wildman–Crippen MR) is 63.5 cm³/mol. The summed E-state index contributed by atoms with van der Waals surface area (Å²) < 4.78 is 1.93. The van der Waals surface area contributed by atoms with E-state index in [1.165, 1.54) is 5.56 Å². The summed E-state index contributed by atoms with van der Waals surface area (Å²) in [5.74, 6) is 0.618. The van der Waals surface area contributed by atoms with Gasteiger partial charge >= 0.3 is 0 Å². The van der Waals surface area contributed by atoms with E-state index in [4.69, 9.17) is 5.73 Å². The van der Waals surface area contributed by atoms with Crippen LogP contribution in [0.4, 0.5) is 0 Å². The highest BCUT2D eigenvalue weighted by Gasteiger charge is 2.28. The van der Waals surface area contributed by atoms with E-state index in [0.29, 0.717) is 12.0 Å². The number of benzene rings is 1. The van der Waals surface area contributed by atoms with Crippen molar-refractivity contribution in [3.8, 4) is 5.69 Å². The van der Waals surface area contributed by atoms with Crippen molar-refractivity contribution >= 4 is 0 Å². The number of aromatic nitrogens is 2. The Labute approximate surface area is 94.9 Å². The summed E-state index contributed by atoms with van der Waals surface area (Å²) in [4.78, 5) is 0. The monoisotopic (exact) mass is 213 g/mol. The van der Waals surface area contributed by atoms with Gasteiger partial charge in [-0.3, -0.25) is 0 Å². The van der Waals surface area contributed by atoms with Crippen LogP contribution in [0.2, 0.25) is 0 Å². The van der Waals surface area contributed by atoms with Crippen molar-refractivity contribution < 1.29 is 0 Å². The Morgan fingerprint density at radius 2 is 1.94 bits per heavy atom. The Bertz CT molecular complexity index is 469. The van der Waals surface area contributed by atoms with Gasteiger partial charge in [0, 0.05) is 12.2 Å². The second-order valence-electron chi connectivity index (χ2n) is 4.48. The molecule has 2 N–H and O–H groups in total. The van der Waals surface area contributed by atoms with Crippen molar-refractivity contribution in [1.82, 2.24) is 9.78 Å². The molecule has 3 rings (SSSR count). The standard InChI is InChI=1S/C13H15N3/c14-12-6-10(7-12)11-8-15-16(9-11)13-4-2-1-3-5-13/h1-5,8-10,12H,6-7,14H2. The summed E-state index contributed by atoms with van der Waals surface area (Å²) in [6.07, 6.45) is 6.27. The van der Waals surface area contributed by atoms with Gasteiger partial charge in [0.2, 0.25) is 0 Å². The molecule has 1 saturated carbocycles. The van der Waals surface area contributed by atoms with Gasteiger partial charge in [-0.15, -0.1) is 0 Å². The van der Waals surface area contributed by atoms with Gasteiger partial charge in [-0.1, -0.05) is 18.2 Å². The minimum absolute atomic E-state index is 0.394. The van der Waals surface area contributed by atoms with Crippen molar-refractivity contribution in [1.29, 1.82) is 0 Å². The molecule has 1 aliphatic carbocycles. The quantitative estimate of drug-likeness (QED) is 0.830. The smallest absolute Gasteiger partial charge is 0.0645 e. The zero-order chi connectivity index (χ0) is 11.0. The minimum Gasteiger partial charge on any atom is -0.328 e. The molecule has 0 aliphatic heterocycles. The molecule has 3 nitrogen and oxygen atoms in total. The van der Waals surface area contributed by atoms with Crippen LogP contribution in [0.5, 0.6) is 0 Å². The molecule has 1 aromatic carbocycles. The molecule has 1 heterocycles. The van der Waals surface area contributed by atoms with Gasteiger partial charge in [-0.05, 0) is 36.5 Å². The molecule has 1 fully saturated rings. The summed E-state index contributed by atoms with van der Waals surface area (Å²) in [7, 11) is 0. The average Bonchev–Trinajstić information content (AvgIpc) is 2.75. The van der Waals surface area contributed by atoms with E-state index in [1.54, 1.807) is 0 Å². The van der Waals surface area contributed by atoms with E-state index in [9.17, 15) is 0 Å². The van der Waals surface area contributed by atoms with Crippen molar-refractivity contribution in [2.75, 3.05) is 0 Å². The Kier molecular flexibility index (Phi) is 2.26. The van der Waals surface area contributed by atoms with Crippen LogP contribution in [-0.2, 0) is 0 Å². The van der Waals surface area contributed by atoms with Gasteiger partial charge in [-0.2, -0.15) is 5.10 Å². The summed E-state index contributed by atoms with van der Waals surface area (Å²) in [5.41, 5.74) is 8.22. The van der Waals surface area contributed by atoms with E-state index < -0.39 is 0 Å². The molecule has 2 aromatic rings. The third-order valence-corrected chi connectivity index (χ3v) is 3.27. The molecule has 0 atom stereocenters. The van der Waals surface area contributed by atoms with Crippen molar-refractivity contribution in [3.63, 3.8) is 0 Å². The first-order valence-corrected chi connectivity index (χ1v) is 5.68. The van der Waals surface area contributed by atoms with Gasteiger partial charge in [0.1, 0.15) is 0 Å². The van der Waals surface area contributed by atoms with Gasteiger partial charge in [0.15, 0.2) is 0 Å². The van der Waals surface area contributed by atoms with E-state index in [1.807, 2.05) is 29.1 Å². The summed E-state index contributed by atoms with van der Waals surface area (Å²) >= 11 is 0. The largest absolute Gasteiger partial charge is 0.328 e. The molecule has 82 valence electrons. The SMILES string of the molecule is NC1CC(c2cnn(-c3ccccc3)c2)C1. The number of hydrogen-bond acceptors (Lipinski definition) is 2. The van der Waals surface area contributed by atoms with Crippen LogP contribution in [0.25, 0.3) is 5.69 Å². The molecular formula is C13H15N3. The molecule has 0 unspecified atom stereocenters. The molecule has 1 aliphatic rings. The lowest BCUT2D eigenvalue weighted by molar-refractivity contribution is 0.351. The Hall–Kier alpha value is -1.61. The van der Waals surface area contributed by atoms with E-state index >= 15 is 0 Å². The number of para-hydroxylation sites is 1. The van der Waals surface area contributed by atoms with Crippen LogP contribution >= 0.6 is 0 Å². The topological polar surface area (TPSA) is 43.8 Å². The summed E-state index contributed by atoms with van der Waals surface area (Å²) in [5, 5.41) is 4.39. The number of nitrogens with two attached hydrogens (primary N) is 1. The third kappa shape index (κ3) is 1.63. The van der Waals surface area contributed by atoms with Crippen LogP contribution in [0.3, 0.4) is 0 Å². The Balaban J connectivity index is 1.83. The Morgan fingerprint density at radius 3 is 2.62 bits per heavy atom. The zero-order valence-electron chi connectivity index (χ0n) is 9.08. The van der Waals surface area contributed by atoms with Crippen molar-refractivity contribution in [2.45, 2.75) is 24.8 Å². The van der Waals surface area contributed by atoms with E-state index in [2.05, 4.69) is 23.4 Å². The van der Waals surface area contributed by atoms with Gasteiger partial charge in [-0.25, -0.2) is 4.68 Å². The highest BCUT2D eigenvalue weighted by Crippen LogP contribution is 2.35. The van der Waals surface area contributed by atoms with Gasteiger partial charge in [0.05, 0.1) is 11.9 Å². The highest BCUT2D eigenvalue weighted by molar-refractivity contribution is 5.31. The fraction of sp³-hybridized carbons (Fsp3) is 0.308. The zero-order valence-corrected chi connectivity index (χ0v) is 9.08. The maximum atomic E-state index is 5.80. The lowest BCUT2D eigenvalue weighted by Crippen LogP contribution is -2.34. The summed E-state index contributed by atoms with van der Waals surface area (Å²) in [6, 6.07) is 10.6. The number of hydrogen-bond donors (Lipinski definition) is 1. The van der Waals surface area contributed by atoms with Crippen molar-refractivity contribution in [3.05, 3.63) is 48.3 Å². The second-order valence-corrected chi connectivity index (χ2v) is 4.48. The lowest BCUT2D eigenvalue weighted by atomic mass is 9.77. The molecule has 3 heteroatoms. The number of rotatable bonds is 2. The normalized spacial score (nSPS) is 24.1. The van der Waals surface area contributed by atoms with Crippen molar-refractivity contribution in [2.24, 2.45) is 5.73 Å². The molecule has 16 heavy (non-hydrogen) atoms.